The van der Waals surface area contributed by atoms with Crippen molar-refractivity contribution in [2.45, 2.75) is 24.2 Å². The highest BCUT2D eigenvalue weighted by atomic mass is 32.2. The first-order valence-corrected chi connectivity index (χ1v) is 9.54. The molecule has 0 aliphatic rings. The largest absolute Gasteiger partial charge is 0.468 e. The minimum atomic E-state index is -4.54. The van der Waals surface area contributed by atoms with Crippen LogP contribution in [0.5, 0.6) is 0 Å². The van der Waals surface area contributed by atoms with Gasteiger partial charge in [0.1, 0.15) is 11.6 Å². The summed E-state index contributed by atoms with van der Waals surface area (Å²) in [6.45, 7) is -0.507. The van der Waals surface area contributed by atoms with Gasteiger partial charge in [0.15, 0.2) is 0 Å². The molecule has 0 radical (unpaired) electrons. The average molecular weight is 413 g/mol. The molecule has 0 aliphatic heterocycles. The Morgan fingerprint density at radius 2 is 1.64 bits per heavy atom. The van der Waals surface area contributed by atoms with Crippen LogP contribution in [0.4, 0.5) is 17.6 Å². The second kappa shape index (κ2) is 7.76. The summed E-state index contributed by atoms with van der Waals surface area (Å²) >= 11 is 0. The van der Waals surface area contributed by atoms with Gasteiger partial charge >= 0.3 is 6.18 Å². The van der Waals surface area contributed by atoms with Crippen LogP contribution in [0.2, 0.25) is 0 Å². The number of halogens is 4. The number of hydrogen-bond acceptors (Lipinski definition) is 3. The van der Waals surface area contributed by atoms with E-state index < -0.39 is 27.6 Å². The molecule has 1 aromatic heterocycles. The van der Waals surface area contributed by atoms with E-state index in [0.717, 1.165) is 40.7 Å². The Balaban J connectivity index is 1.97. The zero-order valence-corrected chi connectivity index (χ0v) is 15.2. The quantitative estimate of drug-likeness (QED) is 0.544. The van der Waals surface area contributed by atoms with Crippen molar-refractivity contribution in [3.8, 4) is 0 Å². The fourth-order valence-electron chi connectivity index (χ4n) is 2.61. The lowest BCUT2D eigenvalue weighted by Gasteiger charge is -2.22. The molecule has 3 rings (SSSR count). The summed E-state index contributed by atoms with van der Waals surface area (Å²) < 4.78 is 84.2. The van der Waals surface area contributed by atoms with Crippen molar-refractivity contribution in [3.05, 3.63) is 89.6 Å². The van der Waals surface area contributed by atoms with E-state index in [1.807, 2.05) is 0 Å². The summed E-state index contributed by atoms with van der Waals surface area (Å²) in [6, 6.07) is 11.8. The fraction of sp³-hybridized carbons (Fsp3) is 0.158. The van der Waals surface area contributed by atoms with Gasteiger partial charge in [0.2, 0.25) is 10.0 Å². The average Bonchev–Trinajstić information content (AvgIpc) is 3.14. The molecule has 2 aromatic carbocycles. The van der Waals surface area contributed by atoms with Gasteiger partial charge in [0, 0.05) is 6.54 Å². The van der Waals surface area contributed by atoms with Crippen molar-refractivity contribution >= 4 is 10.0 Å². The van der Waals surface area contributed by atoms with Crippen LogP contribution < -0.4 is 0 Å². The van der Waals surface area contributed by atoms with E-state index in [2.05, 4.69) is 0 Å². The lowest BCUT2D eigenvalue weighted by molar-refractivity contribution is -0.137. The number of rotatable bonds is 6. The van der Waals surface area contributed by atoms with Gasteiger partial charge in [-0.1, -0.05) is 18.2 Å². The molecule has 3 aromatic rings. The van der Waals surface area contributed by atoms with Crippen molar-refractivity contribution in [2.24, 2.45) is 0 Å². The monoisotopic (exact) mass is 413 g/mol. The summed E-state index contributed by atoms with van der Waals surface area (Å²) in [5.41, 5.74) is -0.714. The summed E-state index contributed by atoms with van der Waals surface area (Å²) in [7, 11) is -4.12. The molecule has 0 fully saturated rings. The number of benzene rings is 2. The molecule has 9 heteroatoms. The molecule has 0 unspecified atom stereocenters. The third kappa shape index (κ3) is 4.60. The Bertz CT molecular complexity index is 1030. The zero-order valence-electron chi connectivity index (χ0n) is 14.4. The molecule has 0 N–H and O–H groups in total. The highest BCUT2D eigenvalue weighted by molar-refractivity contribution is 7.89. The van der Waals surface area contributed by atoms with Crippen LogP contribution in [0.25, 0.3) is 0 Å². The van der Waals surface area contributed by atoms with Crippen LogP contribution >= 0.6 is 0 Å². The van der Waals surface area contributed by atoms with Crippen molar-refractivity contribution in [3.63, 3.8) is 0 Å². The first-order chi connectivity index (χ1) is 13.2. The lowest BCUT2D eigenvalue weighted by atomic mass is 10.1. The van der Waals surface area contributed by atoms with Crippen LogP contribution in [0.15, 0.2) is 76.2 Å². The van der Waals surface area contributed by atoms with Gasteiger partial charge in [-0.3, -0.25) is 0 Å². The normalized spacial score (nSPS) is 12.5. The topological polar surface area (TPSA) is 50.5 Å². The molecule has 0 saturated heterocycles. The second-order valence-electron chi connectivity index (χ2n) is 6.00. The molecule has 0 spiro atoms. The summed E-state index contributed by atoms with van der Waals surface area (Å²) in [4.78, 5) is -0.174. The number of alkyl halides is 3. The molecule has 0 aliphatic carbocycles. The van der Waals surface area contributed by atoms with Gasteiger partial charge < -0.3 is 4.42 Å². The molecule has 1 heterocycles. The molecular weight excluding hydrogens is 398 g/mol. The first-order valence-electron chi connectivity index (χ1n) is 8.10. The summed E-state index contributed by atoms with van der Waals surface area (Å²) in [5, 5.41) is 0. The van der Waals surface area contributed by atoms with Gasteiger partial charge in [-0.2, -0.15) is 17.5 Å². The molecule has 0 saturated carbocycles. The third-order valence-electron chi connectivity index (χ3n) is 3.98. The van der Waals surface area contributed by atoms with Crippen molar-refractivity contribution in [2.75, 3.05) is 0 Å². The minimum absolute atomic E-state index is 0.159. The van der Waals surface area contributed by atoms with Crippen LogP contribution in [0.1, 0.15) is 16.9 Å². The minimum Gasteiger partial charge on any atom is -0.468 e. The van der Waals surface area contributed by atoms with E-state index in [0.29, 0.717) is 5.76 Å². The van der Waals surface area contributed by atoms with Crippen molar-refractivity contribution in [1.29, 1.82) is 0 Å². The van der Waals surface area contributed by atoms with Gasteiger partial charge in [0.05, 0.1) is 23.3 Å². The van der Waals surface area contributed by atoms with Crippen LogP contribution in [-0.2, 0) is 29.3 Å². The SMILES string of the molecule is O=S(=O)(c1ccc(F)cc1)N(Cc1cccc(C(F)(F)F)c1)Cc1ccco1. The van der Waals surface area contributed by atoms with E-state index >= 15 is 0 Å². The molecule has 0 amide bonds. The standard InChI is InChI=1S/C19H15F4NO3S/c20-16-6-8-18(9-7-16)28(25,26)24(13-17-5-2-10-27-17)12-14-3-1-4-15(11-14)19(21,22)23/h1-11H,12-13H2. The van der Waals surface area contributed by atoms with Crippen molar-refractivity contribution in [1.82, 2.24) is 4.31 Å². The Hall–Kier alpha value is -2.65. The maximum absolute atomic E-state index is 13.2. The number of furan rings is 1. The van der Waals surface area contributed by atoms with E-state index in [1.54, 1.807) is 12.1 Å². The Kier molecular flexibility index (Phi) is 5.57. The van der Waals surface area contributed by atoms with Gasteiger partial charge in [-0.15, -0.1) is 0 Å². The number of nitrogens with zero attached hydrogens (tertiary/aromatic N) is 1. The first kappa shape index (κ1) is 20.1. The second-order valence-corrected chi connectivity index (χ2v) is 7.94. The van der Waals surface area contributed by atoms with Gasteiger partial charge in [0.25, 0.3) is 0 Å². The van der Waals surface area contributed by atoms with E-state index in [4.69, 9.17) is 4.42 Å². The molecule has 148 valence electrons. The van der Waals surface area contributed by atoms with E-state index in [-0.39, 0.29) is 23.5 Å². The number of sulfonamides is 1. The predicted molar refractivity (Wildman–Crippen MR) is 93.0 cm³/mol. The molecule has 4 nitrogen and oxygen atoms in total. The van der Waals surface area contributed by atoms with E-state index in [1.165, 1.54) is 18.4 Å². The predicted octanol–water partition coefficient (Wildman–Crippen LogP) is 4.83. The van der Waals surface area contributed by atoms with Crippen molar-refractivity contribution < 1.29 is 30.4 Å². The Morgan fingerprint density at radius 1 is 0.929 bits per heavy atom. The zero-order chi connectivity index (χ0) is 20.4. The van der Waals surface area contributed by atoms with Crippen LogP contribution in [0.3, 0.4) is 0 Å². The molecular formula is C19H15F4NO3S. The number of hydrogen-bond donors (Lipinski definition) is 0. The van der Waals surface area contributed by atoms with E-state index in [9.17, 15) is 26.0 Å². The van der Waals surface area contributed by atoms with Gasteiger partial charge in [-0.05, 0) is 48.0 Å². The maximum Gasteiger partial charge on any atom is 0.416 e. The van der Waals surface area contributed by atoms with Crippen LogP contribution in [0, 0.1) is 5.82 Å². The molecule has 0 bridgehead atoms. The summed E-state index contributed by atoms with van der Waals surface area (Å²) in [5.74, 6) is -0.285. The smallest absolute Gasteiger partial charge is 0.416 e. The highest BCUT2D eigenvalue weighted by Crippen LogP contribution is 2.30. The lowest BCUT2D eigenvalue weighted by Crippen LogP contribution is -2.30. The van der Waals surface area contributed by atoms with Gasteiger partial charge in [-0.25, -0.2) is 12.8 Å². The third-order valence-corrected chi connectivity index (χ3v) is 5.78. The maximum atomic E-state index is 13.2. The fourth-order valence-corrected chi connectivity index (χ4v) is 4.00. The summed E-state index contributed by atoms with van der Waals surface area (Å²) in [6.07, 6.45) is -3.18. The molecule has 28 heavy (non-hydrogen) atoms. The Labute approximate surface area is 159 Å². The highest BCUT2D eigenvalue weighted by Gasteiger charge is 2.31. The van der Waals surface area contributed by atoms with Crippen LogP contribution in [-0.4, -0.2) is 12.7 Å². The molecule has 0 atom stereocenters. The Morgan fingerprint density at radius 3 is 2.25 bits per heavy atom.